The monoisotopic (exact) mass is 265 g/mol. The average Bonchev–Trinajstić information content (AvgIpc) is 2.95. The second-order valence-electron chi connectivity index (χ2n) is 5.20. The van der Waals surface area contributed by atoms with Crippen molar-refractivity contribution in [3.05, 3.63) is 27.9 Å². The van der Waals surface area contributed by atoms with Gasteiger partial charge in [0.25, 0.3) is 0 Å². The van der Waals surface area contributed by atoms with Crippen molar-refractivity contribution >= 4 is 17.5 Å². The van der Waals surface area contributed by atoms with Crippen molar-refractivity contribution in [3.63, 3.8) is 0 Å². The minimum atomic E-state index is -0.618. The molecule has 1 heterocycles. The average molecular weight is 265 g/mol. The zero-order valence-corrected chi connectivity index (χ0v) is 11.0. The highest BCUT2D eigenvalue weighted by Gasteiger charge is 2.46. The summed E-state index contributed by atoms with van der Waals surface area (Å²) in [6, 6.07) is 2.68. The summed E-state index contributed by atoms with van der Waals surface area (Å²) in [5.41, 5.74) is 0.000926. The number of hydrogen-bond donors (Lipinski definition) is 1. The topological polar surface area (TPSA) is 94.4 Å². The van der Waals surface area contributed by atoms with E-state index in [2.05, 4.69) is 28.9 Å². The fourth-order valence-corrected chi connectivity index (χ4v) is 1.80. The molecule has 0 aromatic carbocycles. The minimum absolute atomic E-state index is 0.0501. The Bertz CT molecular complexity index is 542. The molecule has 1 aromatic heterocycles. The van der Waals surface area contributed by atoms with Crippen LogP contribution in [0.1, 0.15) is 30.8 Å². The summed E-state index contributed by atoms with van der Waals surface area (Å²) in [6.45, 7) is 4.11. The molecule has 102 valence electrons. The Labute approximate surface area is 110 Å². The van der Waals surface area contributed by atoms with Crippen LogP contribution < -0.4 is 5.32 Å². The van der Waals surface area contributed by atoms with Gasteiger partial charge in [0.2, 0.25) is 5.82 Å². The number of ether oxygens (including phenoxy) is 1. The van der Waals surface area contributed by atoms with Gasteiger partial charge in [0.15, 0.2) is 5.69 Å². The molecule has 1 aliphatic rings. The Kier molecular flexibility index (Phi) is 3.13. The van der Waals surface area contributed by atoms with E-state index in [9.17, 15) is 14.9 Å². The second kappa shape index (κ2) is 4.49. The first-order chi connectivity index (χ1) is 8.85. The van der Waals surface area contributed by atoms with Crippen molar-refractivity contribution in [3.8, 4) is 0 Å². The van der Waals surface area contributed by atoms with E-state index in [-0.39, 0.29) is 28.7 Å². The SMILES string of the molecule is COC(=O)c1ccc([N+](=O)[O-])c(NC2CC2(C)C)n1. The molecule has 19 heavy (non-hydrogen) atoms. The van der Waals surface area contributed by atoms with Crippen molar-refractivity contribution in [1.29, 1.82) is 0 Å². The highest BCUT2D eigenvalue weighted by molar-refractivity contribution is 5.88. The maximum atomic E-state index is 11.4. The molecule has 0 amide bonds. The van der Waals surface area contributed by atoms with E-state index in [1.807, 2.05) is 0 Å². The first kappa shape index (κ1) is 13.3. The predicted octanol–water partition coefficient (Wildman–Crippen LogP) is 1.99. The number of nitrogens with zero attached hydrogens (tertiary/aromatic N) is 2. The van der Waals surface area contributed by atoms with Gasteiger partial charge in [-0.1, -0.05) is 13.8 Å². The zero-order chi connectivity index (χ0) is 14.2. The smallest absolute Gasteiger partial charge is 0.356 e. The molecule has 0 aliphatic heterocycles. The van der Waals surface area contributed by atoms with Crippen molar-refractivity contribution in [2.75, 3.05) is 12.4 Å². The molecule has 1 aromatic rings. The Morgan fingerprint density at radius 2 is 2.21 bits per heavy atom. The second-order valence-corrected chi connectivity index (χ2v) is 5.20. The fourth-order valence-electron chi connectivity index (χ4n) is 1.80. The molecule has 0 spiro atoms. The van der Waals surface area contributed by atoms with Gasteiger partial charge in [0.1, 0.15) is 0 Å². The van der Waals surface area contributed by atoms with Crippen LogP contribution in [0.4, 0.5) is 11.5 Å². The summed E-state index contributed by atoms with van der Waals surface area (Å²) >= 11 is 0. The van der Waals surface area contributed by atoms with Crippen LogP contribution in [0.15, 0.2) is 12.1 Å². The number of rotatable bonds is 4. The molecule has 0 bridgehead atoms. The Hall–Kier alpha value is -2.18. The van der Waals surface area contributed by atoms with Crippen LogP contribution in [0.3, 0.4) is 0 Å². The fraction of sp³-hybridized carbons (Fsp3) is 0.500. The molecule has 7 nitrogen and oxygen atoms in total. The summed E-state index contributed by atoms with van der Waals surface area (Å²) < 4.78 is 4.55. The zero-order valence-electron chi connectivity index (χ0n) is 11.0. The number of hydrogen-bond acceptors (Lipinski definition) is 6. The minimum Gasteiger partial charge on any atom is -0.464 e. The van der Waals surface area contributed by atoms with Gasteiger partial charge >= 0.3 is 11.7 Å². The maximum absolute atomic E-state index is 11.4. The molecule has 1 unspecified atom stereocenters. The summed E-state index contributed by atoms with van der Waals surface area (Å²) in [7, 11) is 1.24. The number of carbonyl (C=O) groups is 1. The number of methoxy groups -OCH3 is 1. The van der Waals surface area contributed by atoms with Gasteiger partial charge < -0.3 is 10.1 Å². The maximum Gasteiger partial charge on any atom is 0.356 e. The summed E-state index contributed by atoms with van der Waals surface area (Å²) in [4.78, 5) is 25.8. The highest BCUT2D eigenvalue weighted by Crippen LogP contribution is 2.47. The molecule has 1 saturated carbocycles. The van der Waals surface area contributed by atoms with Gasteiger partial charge in [-0.25, -0.2) is 9.78 Å². The largest absolute Gasteiger partial charge is 0.464 e. The molecule has 0 radical (unpaired) electrons. The van der Waals surface area contributed by atoms with Gasteiger partial charge in [-0.15, -0.1) is 0 Å². The molecule has 1 aliphatic carbocycles. The lowest BCUT2D eigenvalue weighted by Gasteiger charge is -2.08. The number of nitro groups is 1. The van der Waals surface area contributed by atoms with Crippen LogP contribution in [-0.4, -0.2) is 29.0 Å². The van der Waals surface area contributed by atoms with Crippen molar-refractivity contribution in [2.24, 2.45) is 5.41 Å². The third-order valence-electron chi connectivity index (χ3n) is 3.29. The van der Waals surface area contributed by atoms with Gasteiger partial charge in [-0.05, 0) is 17.9 Å². The molecular weight excluding hydrogens is 250 g/mol. The van der Waals surface area contributed by atoms with E-state index in [4.69, 9.17) is 0 Å². The molecule has 0 saturated heterocycles. The molecule has 1 fully saturated rings. The molecule has 1 N–H and O–H groups in total. The van der Waals surface area contributed by atoms with E-state index in [0.717, 1.165) is 6.42 Å². The van der Waals surface area contributed by atoms with Gasteiger partial charge in [0.05, 0.1) is 12.0 Å². The van der Waals surface area contributed by atoms with Crippen LogP contribution in [0.25, 0.3) is 0 Å². The van der Waals surface area contributed by atoms with Gasteiger partial charge in [-0.2, -0.15) is 0 Å². The third-order valence-corrected chi connectivity index (χ3v) is 3.29. The third kappa shape index (κ3) is 2.64. The van der Waals surface area contributed by atoms with E-state index in [1.165, 1.54) is 19.2 Å². The van der Waals surface area contributed by atoms with Crippen LogP contribution in [-0.2, 0) is 4.74 Å². The van der Waals surface area contributed by atoms with Gasteiger partial charge in [0, 0.05) is 12.1 Å². The Morgan fingerprint density at radius 3 is 2.68 bits per heavy atom. The normalized spacial score (nSPS) is 19.6. The summed E-state index contributed by atoms with van der Waals surface area (Å²) in [5, 5.41) is 14.0. The number of carbonyl (C=O) groups excluding carboxylic acids is 1. The number of anilines is 1. The van der Waals surface area contributed by atoms with E-state index < -0.39 is 10.9 Å². The molecule has 1 atom stereocenters. The molecular formula is C12H15N3O4. The lowest BCUT2D eigenvalue weighted by Crippen LogP contribution is -2.14. The van der Waals surface area contributed by atoms with Crippen molar-refractivity contribution < 1.29 is 14.5 Å². The Morgan fingerprint density at radius 1 is 1.58 bits per heavy atom. The van der Waals surface area contributed by atoms with Crippen LogP contribution in [0.2, 0.25) is 0 Å². The van der Waals surface area contributed by atoms with Crippen molar-refractivity contribution in [1.82, 2.24) is 4.98 Å². The standard InChI is InChI=1S/C12H15N3O4/c1-12(2)6-9(12)14-10-8(15(17)18)5-4-7(13-10)11(16)19-3/h4-5,9H,6H2,1-3H3,(H,13,14). The lowest BCUT2D eigenvalue weighted by molar-refractivity contribution is -0.384. The quantitative estimate of drug-likeness (QED) is 0.508. The predicted molar refractivity (Wildman–Crippen MR) is 68.0 cm³/mol. The highest BCUT2D eigenvalue weighted by atomic mass is 16.6. The molecule has 2 rings (SSSR count). The number of esters is 1. The summed E-state index contributed by atoms with van der Waals surface area (Å²) in [6.07, 6.45) is 0.911. The first-order valence-corrected chi connectivity index (χ1v) is 5.85. The first-order valence-electron chi connectivity index (χ1n) is 5.85. The van der Waals surface area contributed by atoms with E-state index in [0.29, 0.717) is 0 Å². The van der Waals surface area contributed by atoms with Gasteiger partial charge in [-0.3, -0.25) is 10.1 Å². The lowest BCUT2D eigenvalue weighted by atomic mass is 10.2. The Balaban J connectivity index is 2.31. The molecule has 7 heteroatoms. The number of nitrogens with one attached hydrogen (secondary N) is 1. The van der Waals surface area contributed by atoms with E-state index >= 15 is 0 Å². The summed E-state index contributed by atoms with van der Waals surface area (Å²) in [5.74, 6) is -0.503. The van der Waals surface area contributed by atoms with E-state index in [1.54, 1.807) is 0 Å². The van der Waals surface area contributed by atoms with Crippen LogP contribution in [0.5, 0.6) is 0 Å². The van der Waals surface area contributed by atoms with Crippen LogP contribution >= 0.6 is 0 Å². The number of pyridine rings is 1. The van der Waals surface area contributed by atoms with Crippen LogP contribution in [0, 0.1) is 15.5 Å². The van der Waals surface area contributed by atoms with Crippen molar-refractivity contribution in [2.45, 2.75) is 26.3 Å². The number of aromatic nitrogens is 1.